The fourth-order valence-corrected chi connectivity index (χ4v) is 2.94. The predicted octanol–water partition coefficient (Wildman–Crippen LogP) is 1.29. The van der Waals surface area contributed by atoms with Gasteiger partial charge in [-0.15, -0.1) is 0 Å². The molecule has 1 aliphatic rings. The molecule has 0 radical (unpaired) electrons. The molecule has 2 amide bonds. The lowest BCUT2D eigenvalue weighted by atomic mass is 10.2. The summed E-state index contributed by atoms with van der Waals surface area (Å²) in [7, 11) is 0. The van der Waals surface area contributed by atoms with E-state index in [4.69, 9.17) is 5.11 Å². The molecule has 1 N–H and O–H groups in total. The van der Waals surface area contributed by atoms with E-state index >= 15 is 0 Å². The van der Waals surface area contributed by atoms with Crippen molar-refractivity contribution < 1.29 is 19.5 Å². The lowest BCUT2D eigenvalue weighted by Crippen LogP contribution is -2.37. The molecule has 1 fully saturated rings. The number of aliphatic carboxylic acids is 1. The number of carbonyl (C=O) groups is 3. The maximum absolute atomic E-state index is 12.3. The number of hydrogen-bond donors (Lipinski definition) is 1. The molecule has 0 spiro atoms. The molecule has 6 nitrogen and oxygen atoms in total. The zero-order valence-corrected chi connectivity index (χ0v) is 12.5. The van der Waals surface area contributed by atoms with Gasteiger partial charge in [-0.3, -0.25) is 14.4 Å². The van der Waals surface area contributed by atoms with Crippen LogP contribution in [0.3, 0.4) is 0 Å². The fraction of sp³-hybridized carbons (Fsp3) is 0.500. The van der Waals surface area contributed by atoms with Crippen LogP contribution >= 0.6 is 11.3 Å². The van der Waals surface area contributed by atoms with Crippen molar-refractivity contribution in [1.82, 2.24) is 9.80 Å². The van der Waals surface area contributed by atoms with E-state index in [-0.39, 0.29) is 24.7 Å². The number of nitrogens with zero attached hydrogens (tertiary/aromatic N) is 2. The zero-order chi connectivity index (χ0) is 15.2. The fourth-order valence-electron chi connectivity index (χ4n) is 2.31. The molecule has 21 heavy (non-hydrogen) atoms. The molecule has 1 aliphatic heterocycles. The van der Waals surface area contributed by atoms with Gasteiger partial charge in [-0.2, -0.15) is 11.3 Å². The summed E-state index contributed by atoms with van der Waals surface area (Å²) >= 11 is 1.48. The summed E-state index contributed by atoms with van der Waals surface area (Å²) in [6, 6.07) is 1.80. The molecular weight excluding hydrogens is 292 g/mol. The monoisotopic (exact) mass is 310 g/mol. The highest BCUT2D eigenvalue weighted by molar-refractivity contribution is 7.08. The van der Waals surface area contributed by atoms with Crippen LogP contribution in [0.4, 0.5) is 0 Å². The summed E-state index contributed by atoms with van der Waals surface area (Å²) in [4.78, 5) is 38.1. The third-order valence-electron chi connectivity index (χ3n) is 3.46. The van der Waals surface area contributed by atoms with Crippen LogP contribution in [-0.4, -0.2) is 58.9 Å². The Bertz CT molecular complexity index is 515. The SMILES string of the molecule is O=C(O)CCC(=O)N1CCCN(C(=O)c2ccsc2)CC1. The normalized spacial score (nSPS) is 15.6. The second-order valence-corrected chi connectivity index (χ2v) is 5.71. The summed E-state index contributed by atoms with van der Waals surface area (Å²) in [5.41, 5.74) is 0.686. The van der Waals surface area contributed by atoms with Crippen LogP contribution in [0, 0.1) is 0 Å². The highest BCUT2D eigenvalue weighted by atomic mass is 32.1. The van der Waals surface area contributed by atoms with Crippen molar-refractivity contribution in [2.24, 2.45) is 0 Å². The van der Waals surface area contributed by atoms with Crippen molar-refractivity contribution in [1.29, 1.82) is 0 Å². The Morgan fingerprint density at radius 2 is 1.81 bits per heavy atom. The predicted molar refractivity (Wildman–Crippen MR) is 78.3 cm³/mol. The summed E-state index contributed by atoms with van der Waals surface area (Å²) < 4.78 is 0. The molecule has 0 atom stereocenters. The molecule has 114 valence electrons. The van der Waals surface area contributed by atoms with Crippen molar-refractivity contribution in [3.63, 3.8) is 0 Å². The number of amides is 2. The third-order valence-corrected chi connectivity index (χ3v) is 4.14. The quantitative estimate of drug-likeness (QED) is 0.909. The molecular formula is C14H18N2O4S. The van der Waals surface area contributed by atoms with Crippen molar-refractivity contribution in [3.05, 3.63) is 22.4 Å². The maximum atomic E-state index is 12.3. The van der Waals surface area contributed by atoms with Crippen molar-refractivity contribution >= 4 is 29.1 Å². The molecule has 7 heteroatoms. The highest BCUT2D eigenvalue weighted by Crippen LogP contribution is 2.13. The van der Waals surface area contributed by atoms with Gasteiger partial charge in [0.15, 0.2) is 0 Å². The van der Waals surface area contributed by atoms with E-state index < -0.39 is 5.97 Å². The topological polar surface area (TPSA) is 77.9 Å². The molecule has 0 bridgehead atoms. The Morgan fingerprint density at radius 3 is 2.48 bits per heavy atom. The standard InChI is InChI=1S/C14H18N2O4S/c17-12(2-3-13(18)19)15-5-1-6-16(8-7-15)14(20)11-4-9-21-10-11/h4,9-10H,1-3,5-8H2,(H,18,19). The van der Waals surface area contributed by atoms with Crippen molar-refractivity contribution in [2.75, 3.05) is 26.2 Å². The Morgan fingerprint density at radius 1 is 1.10 bits per heavy atom. The van der Waals surface area contributed by atoms with E-state index in [1.807, 2.05) is 10.8 Å². The second-order valence-electron chi connectivity index (χ2n) is 4.93. The van der Waals surface area contributed by atoms with E-state index in [0.29, 0.717) is 38.2 Å². The average Bonchev–Trinajstić information content (AvgIpc) is 2.88. The molecule has 2 rings (SSSR count). The third kappa shape index (κ3) is 4.29. The Balaban J connectivity index is 1.88. The van der Waals surface area contributed by atoms with E-state index in [1.165, 1.54) is 11.3 Å². The molecule has 1 aromatic heterocycles. The second kappa shape index (κ2) is 7.21. The summed E-state index contributed by atoms with van der Waals surface area (Å²) in [6.45, 7) is 2.16. The first-order valence-corrected chi connectivity index (χ1v) is 7.83. The summed E-state index contributed by atoms with van der Waals surface area (Å²) in [6.07, 6.45) is 0.593. The number of hydrogen-bond acceptors (Lipinski definition) is 4. The van der Waals surface area contributed by atoms with Crippen LogP contribution in [0.25, 0.3) is 0 Å². The highest BCUT2D eigenvalue weighted by Gasteiger charge is 2.23. The Kier molecular flexibility index (Phi) is 5.32. The molecule has 0 unspecified atom stereocenters. The van der Waals surface area contributed by atoms with E-state index in [0.717, 1.165) is 0 Å². The van der Waals surface area contributed by atoms with Gasteiger partial charge in [-0.25, -0.2) is 0 Å². The van der Waals surface area contributed by atoms with Gasteiger partial charge >= 0.3 is 5.97 Å². The minimum Gasteiger partial charge on any atom is -0.481 e. The van der Waals surface area contributed by atoms with E-state index in [2.05, 4.69) is 0 Å². The average molecular weight is 310 g/mol. The lowest BCUT2D eigenvalue weighted by molar-refractivity contribution is -0.140. The van der Waals surface area contributed by atoms with Crippen LogP contribution in [0.5, 0.6) is 0 Å². The summed E-state index contributed by atoms with van der Waals surface area (Å²) in [5.74, 6) is -1.12. The van der Waals surface area contributed by atoms with Crippen LogP contribution in [0.2, 0.25) is 0 Å². The molecule has 0 saturated carbocycles. The van der Waals surface area contributed by atoms with Gasteiger partial charge in [0.2, 0.25) is 5.91 Å². The van der Waals surface area contributed by atoms with Crippen molar-refractivity contribution in [2.45, 2.75) is 19.3 Å². The van der Waals surface area contributed by atoms with E-state index in [9.17, 15) is 14.4 Å². The largest absolute Gasteiger partial charge is 0.481 e. The van der Waals surface area contributed by atoms with Gasteiger partial charge in [0.05, 0.1) is 12.0 Å². The minimum absolute atomic E-state index is 0.00363. The van der Waals surface area contributed by atoms with Gasteiger partial charge < -0.3 is 14.9 Å². The van der Waals surface area contributed by atoms with E-state index in [1.54, 1.807) is 15.9 Å². The van der Waals surface area contributed by atoms with Crippen LogP contribution in [0.15, 0.2) is 16.8 Å². The zero-order valence-electron chi connectivity index (χ0n) is 11.7. The number of carboxylic acids is 1. The van der Waals surface area contributed by atoms with Crippen LogP contribution in [0.1, 0.15) is 29.6 Å². The van der Waals surface area contributed by atoms with Crippen LogP contribution in [-0.2, 0) is 9.59 Å². The molecule has 0 aliphatic carbocycles. The first kappa shape index (κ1) is 15.5. The smallest absolute Gasteiger partial charge is 0.303 e. The Hall–Kier alpha value is -1.89. The van der Waals surface area contributed by atoms with Crippen molar-refractivity contribution in [3.8, 4) is 0 Å². The number of carboxylic acid groups (broad SMARTS) is 1. The van der Waals surface area contributed by atoms with Crippen LogP contribution < -0.4 is 0 Å². The van der Waals surface area contributed by atoms with Gasteiger partial charge in [0.1, 0.15) is 0 Å². The van der Waals surface area contributed by atoms with Gasteiger partial charge in [-0.1, -0.05) is 0 Å². The number of carbonyl (C=O) groups excluding carboxylic acids is 2. The summed E-state index contributed by atoms with van der Waals surface area (Å²) in [5, 5.41) is 12.3. The molecule has 2 heterocycles. The molecule has 0 aromatic carbocycles. The molecule has 1 aromatic rings. The Labute approximate surface area is 127 Å². The maximum Gasteiger partial charge on any atom is 0.303 e. The van der Waals surface area contributed by atoms with Gasteiger partial charge in [0, 0.05) is 38.0 Å². The van der Waals surface area contributed by atoms with Gasteiger partial charge in [-0.05, 0) is 17.9 Å². The number of thiophene rings is 1. The minimum atomic E-state index is -0.965. The number of rotatable bonds is 4. The van der Waals surface area contributed by atoms with Gasteiger partial charge in [0.25, 0.3) is 5.91 Å². The first-order chi connectivity index (χ1) is 10.1. The lowest BCUT2D eigenvalue weighted by Gasteiger charge is -2.21. The molecule has 1 saturated heterocycles. The first-order valence-electron chi connectivity index (χ1n) is 6.89.